The molecule has 0 bridgehead atoms. The summed E-state index contributed by atoms with van der Waals surface area (Å²) in [7, 11) is 2.98. The fraction of sp³-hybridized carbons (Fsp3) is 0.438. The van der Waals surface area contributed by atoms with Crippen LogP contribution in [0.1, 0.15) is 16.2 Å². The van der Waals surface area contributed by atoms with Gasteiger partial charge in [-0.1, -0.05) is 6.08 Å². The molecule has 1 aromatic heterocycles. The molecule has 1 fully saturated rings. The summed E-state index contributed by atoms with van der Waals surface area (Å²) in [6, 6.07) is 2.90. The Morgan fingerprint density at radius 3 is 2.57 bits per heavy atom. The second-order valence-electron chi connectivity index (χ2n) is 5.59. The summed E-state index contributed by atoms with van der Waals surface area (Å²) < 4.78 is 0. The highest BCUT2D eigenvalue weighted by molar-refractivity contribution is 7.11. The molecule has 23 heavy (non-hydrogen) atoms. The Morgan fingerprint density at radius 1 is 1.39 bits per heavy atom. The zero-order chi connectivity index (χ0) is 17.1. The van der Waals surface area contributed by atoms with Crippen LogP contribution in [-0.4, -0.2) is 59.2 Å². The molecular weight excluding hydrogens is 314 g/mol. The monoisotopic (exact) mass is 335 g/mol. The van der Waals surface area contributed by atoms with Gasteiger partial charge in [-0.3, -0.25) is 14.5 Å². The molecule has 1 aliphatic heterocycles. The molecule has 1 saturated heterocycles. The third-order valence-corrected chi connectivity index (χ3v) is 4.87. The maximum absolute atomic E-state index is 12.6. The number of thiophene rings is 1. The molecule has 1 aromatic rings. The molecule has 0 spiro atoms. The highest BCUT2D eigenvalue weighted by atomic mass is 32.1. The Kier molecular flexibility index (Phi) is 5.20. The van der Waals surface area contributed by atoms with Crippen molar-refractivity contribution in [1.29, 1.82) is 0 Å². The predicted octanol–water partition coefficient (Wildman–Crippen LogP) is 1.85. The third-order valence-electron chi connectivity index (χ3n) is 3.88. The van der Waals surface area contributed by atoms with Crippen molar-refractivity contribution in [3.63, 3.8) is 0 Å². The number of likely N-dealkylation sites (N-methyl/N-ethyl adjacent to an activating group) is 2. The second kappa shape index (κ2) is 6.95. The number of nitrogens with zero attached hydrogens (tertiary/aromatic N) is 3. The molecule has 1 aliphatic rings. The summed E-state index contributed by atoms with van der Waals surface area (Å²) in [6.07, 6.45) is 1.65. The van der Waals surface area contributed by atoms with Crippen LogP contribution in [0.3, 0.4) is 0 Å². The van der Waals surface area contributed by atoms with E-state index in [-0.39, 0.29) is 24.3 Å². The number of hydrogen-bond acceptors (Lipinski definition) is 4. The first-order valence-corrected chi connectivity index (χ1v) is 8.15. The number of imide groups is 1. The van der Waals surface area contributed by atoms with Gasteiger partial charge in [0.15, 0.2) is 0 Å². The number of hydrogen-bond donors (Lipinski definition) is 0. The highest BCUT2D eigenvalue weighted by Crippen LogP contribution is 2.20. The van der Waals surface area contributed by atoms with Gasteiger partial charge >= 0.3 is 6.03 Å². The van der Waals surface area contributed by atoms with Crippen molar-refractivity contribution in [3.8, 4) is 0 Å². The van der Waals surface area contributed by atoms with E-state index in [0.717, 1.165) is 9.78 Å². The minimum atomic E-state index is -0.725. The molecule has 1 unspecified atom stereocenters. The number of carbonyl (C=O) groups excluding carboxylic acids is 3. The number of rotatable bonds is 6. The van der Waals surface area contributed by atoms with Gasteiger partial charge in [0, 0.05) is 30.4 Å². The molecular formula is C16H21N3O3S. The minimum absolute atomic E-state index is 0.0103. The average molecular weight is 335 g/mol. The molecule has 0 aromatic carbocycles. The van der Waals surface area contributed by atoms with E-state index in [0.29, 0.717) is 13.1 Å². The quantitative estimate of drug-likeness (QED) is 0.589. The molecule has 6 nitrogen and oxygen atoms in total. The van der Waals surface area contributed by atoms with Crippen LogP contribution in [0.15, 0.2) is 24.8 Å². The van der Waals surface area contributed by atoms with Crippen molar-refractivity contribution >= 4 is 29.2 Å². The van der Waals surface area contributed by atoms with Crippen LogP contribution >= 0.6 is 11.3 Å². The zero-order valence-corrected chi connectivity index (χ0v) is 14.4. The first kappa shape index (κ1) is 17.2. The Labute approximate surface area is 140 Å². The van der Waals surface area contributed by atoms with Gasteiger partial charge in [0.25, 0.3) is 5.91 Å². The van der Waals surface area contributed by atoms with E-state index in [9.17, 15) is 14.4 Å². The lowest BCUT2D eigenvalue weighted by atomic mass is 10.1. The highest BCUT2D eigenvalue weighted by Gasteiger charge is 2.42. The molecule has 2 rings (SSSR count). The standard InChI is InChI=1S/C16H21N3O3S/c1-5-8-19(10-12-7-6-11(2)23-12)14(20)9-13-15(21)18(4)16(22)17(13)3/h5-7,13H,1,8-10H2,2-4H3. The van der Waals surface area contributed by atoms with Crippen LogP contribution < -0.4 is 0 Å². The minimum Gasteiger partial charge on any atom is -0.334 e. The first-order valence-electron chi connectivity index (χ1n) is 7.33. The number of urea groups is 1. The van der Waals surface area contributed by atoms with E-state index in [1.165, 1.54) is 16.8 Å². The van der Waals surface area contributed by atoms with Crippen molar-refractivity contribution in [2.45, 2.75) is 25.9 Å². The van der Waals surface area contributed by atoms with E-state index in [4.69, 9.17) is 0 Å². The second-order valence-corrected chi connectivity index (χ2v) is 6.96. The van der Waals surface area contributed by atoms with Crippen LogP contribution in [-0.2, 0) is 16.1 Å². The van der Waals surface area contributed by atoms with Gasteiger partial charge in [0.05, 0.1) is 13.0 Å². The number of carbonyl (C=O) groups is 3. The molecule has 4 amide bonds. The van der Waals surface area contributed by atoms with E-state index in [1.54, 1.807) is 29.4 Å². The smallest absolute Gasteiger partial charge is 0.326 e. The summed E-state index contributed by atoms with van der Waals surface area (Å²) in [5, 5.41) is 0. The van der Waals surface area contributed by atoms with E-state index >= 15 is 0 Å². The van der Waals surface area contributed by atoms with Gasteiger partial charge in [-0.2, -0.15) is 0 Å². The molecule has 0 saturated carbocycles. The van der Waals surface area contributed by atoms with Gasteiger partial charge in [-0.05, 0) is 19.1 Å². The van der Waals surface area contributed by atoms with Crippen LogP contribution in [0.5, 0.6) is 0 Å². The van der Waals surface area contributed by atoms with Gasteiger partial charge in [0.1, 0.15) is 6.04 Å². The summed E-state index contributed by atoms with van der Waals surface area (Å²) in [6.45, 7) is 6.59. The maximum atomic E-state index is 12.6. The lowest BCUT2D eigenvalue weighted by Crippen LogP contribution is -2.39. The Hall–Kier alpha value is -2.15. The summed E-state index contributed by atoms with van der Waals surface area (Å²) in [5.41, 5.74) is 0. The molecule has 124 valence electrons. The topological polar surface area (TPSA) is 60.9 Å². The van der Waals surface area contributed by atoms with Crippen molar-refractivity contribution in [1.82, 2.24) is 14.7 Å². The van der Waals surface area contributed by atoms with Gasteiger partial charge in [-0.25, -0.2) is 4.79 Å². The van der Waals surface area contributed by atoms with Crippen molar-refractivity contribution in [2.24, 2.45) is 0 Å². The lowest BCUT2D eigenvalue weighted by Gasteiger charge is -2.23. The summed E-state index contributed by atoms with van der Waals surface area (Å²) in [5.74, 6) is -0.499. The maximum Gasteiger partial charge on any atom is 0.326 e. The first-order chi connectivity index (χ1) is 10.8. The largest absolute Gasteiger partial charge is 0.334 e. The third kappa shape index (κ3) is 3.61. The molecule has 0 radical (unpaired) electrons. The fourth-order valence-corrected chi connectivity index (χ4v) is 3.45. The fourth-order valence-electron chi connectivity index (χ4n) is 2.54. The molecule has 0 N–H and O–H groups in total. The summed E-state index contributed by atoms with van der Waals surface area (Å²) >= 11 is 1.64. The van der Waals surface area contributed by atoms with Crippen molar-refractivity contribution in [2.75, 3.05) is 20.6 Å². The van der Waals surface area contributed by atoms with Crippen molar-refractivity contribution < 1.29 is 14.4 Å². The van der Waals surface area contributed by atoms with Gasteiger partial charge in [0.2, 0.25) is 5.91 Å². The zero-order valence-electron chi connectivity index (χ0n) is 13.6. The van der Waals surface area contributed by atoms with Gasteiger partial charge < -0.3 is 9.80 Å². The SMILES string of the molecule is C=CCN(Cc1ccc(C)s1)C(=O)CC1C(=O)N(C)C(=O)N1C. The van der Waals surface area contributed by atoms with Crippen LogP contribution in [0.2, 0.25) is 0 Å². The Morgan fingerprint density at radius 2 is 2.09 bits per heavy atom. The normalized spacial score (nSPS) is 17.8. The van der Waals surface area contributed by atoms with Crippen molar-refractivity contribution in [3.05, 3.63) is 34.5 Å². The Balaban J connectivity index is 2.07. The van der Waals surface area contributed by atoms with Crippen LogP contribution in [0.4, 0.5) is 4.79 Å². The van der Waals surface area contributed by atoms with Gasteiger partial charge in [-0.15, -0.1) is 17.9 Å². The lowest BCUT2D eigenvalue weighted by molar-refractivity contribution is -0.136. The van der Waals surface area contributed by atoms with E-state index in [2.05, 4.69) is 6.58 Å². The van der Waals surface area contributed by atoms with Crippen LogP contribution in [0.25, 0.3) is 0 Å². The average Bonchev–Trinajstić information content (AvgIpc) is 3.00. The van der Waals surface area contributed by atoms with Crippen LogP contribution in [0, 0.1) is 6.92 Å². The Bertz CT molecular complexity index is 640. The summed E-state index contributed by atoms with van der Waals surface area (Å²) in [4.78, 5) is 42.7. The molecule has 1 atom stereocenters. The van der Waals surface area contributed by atoms with E-state index < -0.39 is 6.04 Å². The number of aryl methyl sites for hydroxylation is 1. The molecule has 0 aliphatic carbocycles. The number of amides is 4. The molecule has 2 heterocycles. The molecule has 7 heteroatoms. The predicted molar refractivity (Wildman–Crippen MR) is 89.0 cm³/mol. The van der Waals surface area contributed by atoms with E-state index in [1.807, 2.05) is 19.1 Å².